The number of aromatic amines is 1. The highest BCUT2D eigenvalue weighted by Crippen LogP contribution is 2.23. The van der Waals surface area contributed by atoms with Crippen LogP contribution in [0.4, 0.5) is 0 Å². The first-order valence-corrected chi connectivity index (χ1v) is 9.22. The van der Waals surface area contributed by atoms with Gasteiger partial charge in [0, 0.05) is 19.6 Å². The van der Waals surface area contributed by atoms with Crippen LogP contribution in [-0.4, -0.2) is 37.8 Å². The summed E-state index contributed by atoms with van der Waals surface area (Å²) in [7, 11) is 0. The van der Waals surface area contributed by atoms with E-state index in [4.69, 9.17) is 0 Å². The van der Waals surface area contributed by atoms with E-state index in [1.54, 1.807) is 4.90 Å². The van der Waals surface area contributed by atoms with Gasteiger partial charge in [-0.25, -0.2) is 4.79 Å². The molecule has 8 heteroatoms. The van der Waals surface area contributed by atoms with Gasteiger partial charge in [-0.2, -0.15) is 4.37 Å². The minimum absolute atomic E-state index is 0.143. The molecule has 1 fully saturated rings. The summed E-state index contributed by atoms with van der Waals surface area (Å²) >= 11 is 0.997. The summed E-state index contributed by atoms with van der Waals surface area (Å²) in [6.07, 6.45) is 3.73. The highest BCUT2D eigenvalue weighted by Gasteiger charge is 2.26. The second kappa shape index (κ2) is 6.88. The zero-order valence-electron chi connectivity index (χ0n) is 14.0. The van der Waals surface area contributed by atoms with Crippen LogP contribution in [0.25, 0.3) is 11.0 Å². The van der Waals surface area contributed by atoms with Gasteiger partial charge in [-0.05, 0) is 36.7 Å². The fourth-order valence-corrected chi connectivity index (χ4v) is 3.93. The van der Waals surface area contributed by atoms with Crippen molar-refractivity contribution >= 4 is 28.5 Å². The largest absolute Gasteiger partial charge is 0.338 e. The maximum absolute atomic E-state index is 12.8. The van der Waals surface area contributed by atoms with Crippen LogP contribution in [0.3, 0.4) is 0 Å². The zero-order valence-corrected chi connectivity index (χ0v) is 14.8. The number of carbonyl (C=O) groups excluding carboxylic acids is 1. The Bertz CT molecular complexity index is 866. The van der Waals surface area contributed by atoms with E-state index in [1.807, 2.05) is 6.92 Å². The van der Waals surface area contributed by atoms with Crippen molar-refractivity contribution in [2.24, 2.45) is 5.92 Å². The first-order valence-electron chi connectivity index (χ1n) is 8.44. The van der Waals surface area contributed by atoms with Crippen LogP contribution in [0.2, 0.25) is 0 Å². The van der Waals surface area contributed by atoms with Crippen LogP contribution >= 0.6 is 11.5 Å². The molecule has 2 aromatic heterocycles. The molecule has 1 saturated heterocycles. The Kier molecular flexibility index (Phi) is 4.84. The predicted octanol–water partition coefficient (Wildman–Crippen LogP) is 1.82. The van der Waals surface area contributed by atoms with Crippen LogP contribution in [0.15, 0.2) is 9.59 Å². The Hall–Kier alpha value is -1.96. The average Bonchev–Trinajstić information content (AvgIpc) is 2.98. The number of unbranched alkanes of at least 4 members (excludes halogenated alkanes) is 1. The van der Waals surface area contributed by atoms with Gasteiger partial charge < -0.3 is 9.88 Å². The molecule has 0 spiro atoms. The summed E-state index contributed by atoms with van der Waals surface area (Å²) in [4.78, 5) is 42.3. The number of likely N-dealkylation sites (tertiary alicyclic amines) is 1. The summed E-state index contributed by atoms with van der Waals surface area (Å²) < 4.78 is 5.32. The molecule has 1 N–H and O–H groups in total. The molecule has 0 saturated carbocycles. The van der Waals surface area contributed by atoms with Gasteiger partial charge in [0.15, 0.2) is 5.52 Å². The van der Waals surface area contributed by atoms with E-state index in [0.717, 1.165) is 37.2 Å². The van der Waals surface area contributed by atoms with E-state index in [2.05, 4.69) is 16.3 Å². The lowest BCUT2D eigenvalue weighted by molar-refractivity contribution is 0.0689. The normalized spacial score (nSPS) is 18.2. The fourth-order valence-electron chi connectivity index (χ4n) is 3.13. The van der Waals surface area contributed by atoms with Gasteiger partial charge in [-0.1, -0.05) is 20.3 Å². The summed E-state index contributed by atoms with van der Waals surface area (Å²) in [6, 6.07) is 0. The second-order valence-corrected chi connectivity index (χ2v) is 7.25. The molecule has 130 valence electrons. The van der Waals surface area contributed by atoms with Gasteiger partial charge in [0.25, 0.3) is 11.5 Å². The number of carbonyl (C=O) groups is 1. The van der Waals surface area contributed by atoms with Crippen molar-refractivity contribution in [3.05, 3.63) is 25.7 Å². The molecule has 7 nitrogen and oxygen atoms in total. The molecule has 24 heavy (non-hydrogen) atoms. The molecule has 1 atom stereocenters. The van der Waals surface area contributed by atoms with E-state index in [1.165, 1.54) is 4.57 Å². The number of hydrogen-bond acceptors (Lipinski definition) is 5. The predicted molar refractivity (Wildman–Crippen MR) is 93.7 cm³/mol. The minimum atomic E-state index is -0.470. The van der Waals surface area contributed by atoms with Crippen molar-refractivity contribution in [2.45, 2.75) is 46.1 Å². The van der Waals surface area contributed by atoms with Crippen LogP contribution in [0.5, 0.6) is 0 Å². The van der Waals surface area contributed by atoms with Gasteiger partial charge in [-0.15, -0.1) is 0 Å². The molecule has 1 aliphatic rings. The number of piperidine rings is 1. The van der Waals surface area contributed by atoms with Crippen LogP contribution in [-0.2, 0) is 6.54 Å². The van der Waals surface area contributed by atoms with Crippen LogP contribution < -0.4 is 11.2 Å². The lowest BCUT2D eigenvalue weighted by Gasteiger charge is -2.30. The topological polar surface area (TPSA) is 88.1 Å². The first-order chi connectivity index (χ1) is 11.5. The molecular weight excluding hydrogens is 328 g/mol. The highest BCUT2D eigenvalue weighted by atomic mass is 32.1. The number of nitrogens with one attached hydrogen (secondary N) is 1. The number of amides is 1. The third-order valence-corrected chi connectivity index (χ3v) is 5.33. The summed E-state index contributed by atoms with van der Waals surface area (Å²) in [5, 5.41) is 0. The Morgan fingerprint density at radius 1 is 1.42 bits per heavy atom. The molecule has 2 aromatic rings. The minimum Gasteiger partial charge on any atom is -0.338 e. The molecule has 0 radical (unpaired) electrons. The van der Waals surface area contributed by atoms with E-state index in [-0.39, 0.29) is 16.9 Å². The molecule has 0 bridgehead atoms. The molecule has 1 amide bonds. The Morgan fingerprint density at radius 2 is 2.21 bits per heavy atom. The van der Waals surface area contributed by atoms with E-state index in [0.29, 0.717) is 30.4 Å². The number of rotatable bonds is 4. The molecule has 0 aromatic carbocycles. The molecule has 0 aliphatic carbocycles. The Balaban J connectivity index is 2.00. The van der Waals surface area contributed by atoms with Crippen molar-refractivity contribution in [2.75, 3.05) is 13.1 Å². The Morgan fingerprint density at radius 3 is 2.92 bits per heavy atom. The average molecular weight is 350 g/mol. The number of aromatic nitrogens is 3. The molecule has 0 unspecified atom stereocenters. The number of fused-ring (bicyclic) bond motifs is 1. The summed E-state index contributed by atoms with van der Waals surface area (Å²) in [5.74, 6) is 0.322. The molecule has 3 heterocycles. The Labute approximate surface area is 143 Å². The monoisotopic (exact) mass is 350 g/mol. The van der Waals surface area contributed by atoms with Gasteiger partial charge in [0.2, 0.25) is 0 Å². The third kappa shape index (κ3) is 3.02. The maximum atomic E-state index is 12.8. The SMILES string of the molecule is CCCCn1c(=O)[nH]c2c(C(=O)N3CCC[C@H](C)C3)snc2c1=O. The standard InChI is InChI=1S/C16H22N4O3S/c1-3-4-8-20-14(21)12-11(17-16(20)23)13(24-18-12)15(22)19-7-5-6-10(2)9-19/h10H,3-9H2,1-2H3,(H,17,23)/t10-/m0/s1. The zero-order chi connectivity index (χ0) is 17.3. The summed E-state index contributed by atoms with van der Waals surface area (Å²) in [6.45, 7) is 5.90. The molecular formula is C16H22N4O3S. The second-order valence-electron chi connectivity index (χ2n) is 6.47. The molecule has 3 rings (SSSR count). The smallest absolute Gasteiger partial charge is 0.328 e. The fraction of sp³-hybridized carbons (Fsp3) is 0.625. The lowest BCUT2D eigenvalue weighted by Crippen LogP contribution is -2.39. The number of H-pyrrole nitrogens is 1. The summed E-state index contributed by atoms with van der Waals surface area (Å²) in [5.41, 5.74) is -0.415. The van der Waals surface area contributed by atoms with Gasteiger partial charge in [-0.3, -0.25) is 14.2 Å². The number of hydrogen-bond donors (Lipinski definition) is 1. The van der Waals surface area contributed by atoms with E-state index >= 15 is 0 Å². The number of nitrogens with zero attached hydrogens (tertiary/aromatic N) is 3. The van der Waals surface area contributed by atoms with Gasteiger partial charge in [0.05, 0.1) is 5.52 Å². The van der Waals surface area contributed by atoms with Crippen LogP contribution in [0, 0.1) is 5.92 Å². The van der Waals surface area contributed by atoms with Crippen molar-refractivity contribution in [1.29, 1.82) is 0 Å². The van der Waals surface area contributed by atoms with E-state index < -0.39 is 11.2 Å². The lowest BCUT2D eigenvalue weighted by atomic mass is 10.0. The van der Waals surface area contributed by atoms with E-state index in [9.17, 15) is 14.4 Å². The van der Waals surface area contributed by atoms with Crippen molar-refractivity contribution < 1.29 is 4.79 Å². The first kappa shape index (κ1) is 16.9. The quantitative estimate of drug-likeness (QED) is 0.911. The van der Waals surface area contributed by atoms with Gasteiger partial charge in [0.1, 0.15) is 4.88 Å². The molecule has 1 aliphatic heterocycles. The highest BCUT2D eigenvalue weighted by molar-refractivity contribution is 7.09. The van der Waals surface area contributed by atoms with Crippen molar-refractivity contribution in [3.8, 4) is 0 Å². The van der Waals surface area contributed by atoms with Crippen LogP contribution in [0.1, 0.15) is 49.2 Å². The van der Waals surface area contributed by atoms with Crippen molar-refractivity contribution in [3.63, 3.8) is 0 Å². The van der Waals surface area contributed by atoms with Crippen molar-refractivity contribution in [1.82, 2.24) is 18.8 Å². The maximum Gasteiger partial charge on any atom is 0.328 e. The third-order valence-electron chi connectivity index (χ3n) is 4.49. The van der Waals surface area contributed by atoms with Gasteiger partial charge >= 0.3 is 5.69 Å².